The van der Waals surface area contributed by atoms with E-state index < -0.39 is 0 Å². The molecule has 1 aromatic rings. The summed E-state index contributed by atoms with van der Waals surface area (Å²) in [7, 11) is 0. The molecule has 70 valence electrons. The molecule has 0 saturated carbocycles. The van der Waals surface area contributed by atoms with Gasteiger partial charge in [-0.25, -0.2) is 0 Å². The van der Waals surface area contributed by atoms with Crippen LogP contribution in [0.3, 0.4) is 0 Å². The molecular formula is C10H8N2S2. The van der Waals surface area contributed by atoms with E-state index >= 15 is 0 Å². The Morgan fingerprint density at radius 2 is 1.21 bits per heavy atom. The van der Waals surface area contributed by atoms with E-state index in [9.17, 15) is 0 Å². The third-order valence-electron chi connectivity index (χ3n) is 1.60. The van der Waals surface area contributed by atoms with Crippen LogP contribution in [-0.2, 0) is 0 Å². The first-order valence-electron chi connectivity index (χ1n) is 3.68. The van der Waals surface area contributed by atoms with Gasteiger partial charge in [0.1, 0.15) is 0 Å². The van der Waals surface area contributed by atoms with E-state index in [0.29, 0.717) is 22.5 Å². The van der Waals surface area contributed by atoms with Crippen molar-refractivity contribution in [3.8, 4) is 22.3 Å². The fourth-order valence-corrected chi connectivity index (χ4v) is 1.21. The van der Waals surface area contributed by atoms with Crippen LogP contribution in [0, 0.1) is 22.3 Å². The predicted octanol–water partition coefficient (Wildman–Crippen LogP) is 1.33. The first kappa shape index (κ1) is 10.7. The molecule has 0 aliphatic heterocycles. The van der Waals surface area contributed by atoms with Gasteiger partial charge in [-0.2, -0.15) is 0 Å². The lowest BCUT2D eigenvalue weighted by atomic mass is 10.1. The standard InChI is InChI=1S/C10H8N2S2/c11-9-6-8(2-4-14)10(12)5-7(9)1-3-13/h5-6,13-14H,11-12H2. The number of anilines is 2. The Labute approximate surface area is 93.9 Å². The molecule has 2 nitrogen and oxygen atoms in total. The summed E-state index contributed by atoms with van der Waals surface area (Å²) in [6.07, 6.45) is 0. The molecule has 4 heteroatoms. The highest BCUT2D eigenvalue weighted by Gasteiger charge is 2.01. The average molecular weight is 220 g/mol. The maximum atomic E-state index is 5.72. The van der Waals surface area contributed by atoms with Crippen molar-refractivity contribution in [3.63, 3.8) is 0 Å². The van der Waals surface area contributed by atoms with Gasteiger partial charge in [-0.3, -0.25) is 0 Å². The number of hydrogen-bond donors (Lipinski definition) is 4. The van der Waals surface area contributed by atoms with Crippen LogP contribution in [0.2, 0.25) is 0 Å². The molecule has 0 unspecified atom stereocenters. The molecule has 0 aromatic heterocycles. The maximum absolute atomic E-state index is 5.72. The van der Waals surface area contributed by atoms with Crippen molar-refractivity contribution in [3.05, 3.63) is 23.3 Å². The first-order chi connectivity index (χ1) is 6.69. The second-order valence-electron chi connectivity index (χ2n) is 2.50. The van der Waals surface area contributed by atoms with Gasteiger partial charge in [0, 0.05) is 11.4 Å². The molecule has 0 fully saturated rings. The molecule has 4 N–H and O–H groups in total. The Balaban J connectivity index is 3.33. The SMILES string of the molecule is Nc1cc(C#CS)c(N)cc1C#CS. The maximum Gasteiger partial charge on any atom is 0.0505 e. The molecule has 0 spiro atoms. The second kappa shape index (κ2) is 4.76. The fourth-order valence-electron chi connectivity index (χ4n) is 0.970. The van der Waals surface area contributed by atoms with Crippen LogP contribution in [-0.4, -0.2) is 0 Å². The van der Waals surface area contributed by atoms with E-state index in [4.69, 9.17) is 11.5 Å². The van der Waals surface area contributed by atoms with Gasteiger partial charge < -0.3 is 11.5 Å². The number of thiol groups is 2. The largest absolute Gasteiger partial charge is 0.398 e. The van der Waals surface area contributed by atoms with Crippen LogP contribution in [0.1, 0.15) is 11.1 Å². The summed E-state index contributed by atoms with van der Waals surface area (Å²) in [5.74, 6) is 5.46. The average Bonchev–Trinajstić information content (AvgIpc) is 2.14. The third kappa shape index (κ3) is 2.32. The van der Waals surface area contributed by atoms with E-state index in [1.54, 1.807) is 12.1 Å². The van der Waals surface area contributed by atoms with E-state index in [1.807, 2.05) is 0 Å². The Morgan fingerprint density at radius 1 is 0.857 bits per heavy atom. The molecule has 1 aromatic carbocycles. The summed E-state index contributed by atoms with van der Waals surface area (Å²) in [5.41, 5.74) is 13.8. The zero-order valence-corrected chi connectivity index (χ0v) is 8.99. The van der Waals surface area contributed by atoms with Crippen molar-refractivity contribution in [2.75, 3.05) is 11.5 Å². The lowest BCUT2D eigenvalue weighted by Gasteiger charge is -2.02. The van der Waals surface area contributed by atoms with Gasteiger partial charge in [0.2, 0.25) is 0 Å². The van der Waals surface area contributed by atoms with Crippen molar-refractivity contribution >= 4 is 36.6 Å². The minimum Gasteiger partial charge on any atom is -0.398 e. The highest BCUT2D eigenvalue weighted by molar-refractivity contribution is 7.85. The lowest BCUT2D eigenvalue weighted by Crippen LogP contribution is -1.96. The van der Waals surface area contributed by atoms with E-state index in [0.717, 1.165) is 0 Å². The minimum atomic E-state index is 0.534. The van der Waals surface area contributed by atoms with Gasteiger partial charge in [-0.1, -0.05) is 37.1 Å². The van der Waals surface area contributed by atoms with Gasteiger partial charge in [0.15, 0.2) is 0 Å². The molecule has 0 radical (unpaired) electrons. The zero-order valence-electron chi connectivity index (χ0n) is 7.20. The van der Waals surface area contributed by atoms with Crippen LogP contribution in [0.25, 0.3) is 0 Å². The number of nitrogens with two attached hydrogens (primary N) is 2. The normalized spacial score (nSPS) is 8.14. The highest BCUT2D eigenvalue weighted by atomic mass is 32.1. The summed E-state index contributed by atoms with van der Waals surface area (Å²) in [6.45, 7) is 0. The Kier molecular flexibility index (Phi) is 3.64. The van der Waals surface area contributed by atoms with Crippen LogP contribution in [0.4, 0.5) is 11.4 Å². The molecule has 0 amide bonds. The minimum absolute atomic E-state index is 0.534. The number of rotatable bonds is 0. The van der Waals surface area contributed by atoms with Crippen molar-refractivity contribution in [2.45, 2.75) is 0 Å². The van der Waals surface area contributed by atoms with Gasteiger partial charge in [-0.05, 0) is 22.6 Å². The molecule has 1 rings (SSSR count). The van der Waals surface area contributed by atoms with Crippen LogP contribution < -0.4 is 11.5 Å². The molecule has 14 heavy (non-hydrogen) atoms. The monoisotopic (exact) mass is 220 g/mol. The number of benzene rings is 1. The molecule has 0 aliphatic carbocycles. The zero-order chi connectivity index (χ0) is 10.6. The van der Waals surface area contributed by atoms with Gasteiger partial charge in [-0.15, -0.1) is 0 Å². The number of nitrogen functional groups attached to an aromatic ring is 2. The van der Waals surface area contributed by atoms with E-state index in [1.165, 1.54) is 0 Å². The Hall–Kier alpha value is -1.36. The lowest BCUT2D eigenvalue weighted by molar-refractivity contribution is 1.58. The summed E-state index contributed by atoms with van der Waals surface area (Å²) < 4.78 is 0. The van der Waals surface area contributed by atoms with Crippen LogP contribution >= 0.6 is 25.3 Å². The summed E-state index contributed by atoms with van der Waals surface area (Å²) in [6, 6.07) is 3.35. The number of hydrogen-bond acceptors (Lipinski definition) is 4. The molecule has 0 heterocycles. The van der Waals surface area contributed by atoms with E-state index in [2.05, 4.69) is 47.6 Å². The molecular weight excluding hydrogens is 212 g/mol. The fraction of sp³-hybridized carbons (Fsp3) is 0. The van der Waals surface area contributed by atoms with Crippen molar-refractivity contribution in [1.82, 2.24) is 0 Å². The van der Waals surface area contributed by atoms with Crippen LogP contribution in [0.5, 0.6) is 0 Å². The second-order valence-corrected chi connectivity index (χ2v) is 2.95. The predicted molar refractivity (Wildman–Crippen MR) is 67.0 cm³/mol. The summed E-state index contributed by atoms with van der Waals surface area (Å²) >= 11 is 7.57. The molecule has 0 atom stereocenters. The van der Waals surface area contributed by atoms with Crippen molar-refractivity contribution in [2.24, 2.45) is 0 Å². The van der Waals surface area contributed by atoms with Crippen LogP contribution in [0.15, 0.2) is 12.1 Å². The summed E-state index contributed by atoms with van der Waals surface area (Å²) in [5, 5.41) is 4.92. The quantitative estimate of drug-likeness (QED) is 0.303. The Bertz CT molecular complexity index is 427. The van der Waals surface area contributed by atoms with Crippen molar-refractivity contribution < 1.29 is 0 Å². The van der Waals surface area contributed by atoms with Gasteiger partial charge in [0.05, 0.1) is 11.1 Å². The molecule has 0 aliphatic rings. The molecule has 0 bridgehead atoms. The highest BCUT2D eigenvalue weighted by Crippen LogP contribution is 2.19. The summed E-state index contributed by atoms with van der Waals surface area (Å²) in [4.78, 5) is 0. The smallest absolute Gasteiger partial charge is 0.0505 e. The first-order valence-corrected chi connectivity index (χ1v) is 4.57. The van der Waals surface area contributed by atoms with Gasteiger partial charge >= 0.3 is 0 Å². The van der Waals surface area contributed by atoms with Gasteiger partial charge in [0.25, 0.3) is 0 Å². The van der Waals surface area contributed by atoms with Crippen molar-refractivity contribution in [1.29, 1.82) is 0 Å². The Morgan fingerprint density at radius 3 is 1.50 bits per heavy atom. The molecule has 0 saturated heterocycles. The third-order valence-corrected chi connectivity index (χ3v) is 1.83. The van der Waals surface area contributed by atoms with E-state index in [-0.39, 0.29) is 0 Å². The topological polar surface area (TPSA) is 52.0 Å².